The van der Waals surface area contributed by atoms with Gasteiger partial charge in [-0.3, -0.25) is 0 Å². The molecule has 19 heavy (non-hydrogen) atoms. The lowest BCUT2D eigenvalue weighted by Crippen LogP contribution is -2.13. The van der Waals surface area contributed by atoms with Crippen LogP contribution in [0.5, 0.6) is 0 Å². The van der Waals surface area contributed by atoms with E-state index < -0.39 is 6.10 Å². The molecule has 0 fully saturated rings. The number of nitrogens with one attached hydrogen (secondary N) is 1. The lowest BCUT2D eigenvalue weighted by molar-refractivity contribution is 0.191. The number of hydrogen-bond donors (Lipinski definition) is 2. The van der Waals surface area contributed by atoms with Crippen LogP contribution >= 0.6 is 34.8 Å². The molecule has 2 aromatic rings. The largest absolute Gasteiger partial charge is 0.387 e. The second-order valence-corrected chi connectivity index (χ2v) is 5.03. The van der Waals surface area contributed by atoms with Crippen LogP contribution in [-0.2, 0) is 0 Å². The van der Waals surface area contributed by atoms with Gasteiger partial charge in [0.05, 0.1) is 12.3 Å². The highest BCUT2D eigenvalue weighted by Crippen LogP contribution is 2.27. The van der Waals surface area contributed by atoms with Gasteiger partial charge in [0.15, 0.2) is 0 Å². The van der Waals surface area contributed by atoms with E-state index in [9.17, 15) is 5.11 Å². The molecular weight excluding hydrogens is 309 g/mol. The Labute approximate surface area is 125 Å². The Morgan fingerprint density at radius 2 is 2.00 bits per heavy atom. The number of rotatable bonds is 4. The Kier molecular flexibility index (Phi) is 4.82. The SMILES string of the molecule is OC(CNc1ncncc1Cl)c1ccc(Cl)cc1Cl. The quantitative estimate of drug-likeness (QED) is 0.904. The number of hydrogen-bond acceptors (Lipinski definition) is 4. The molecule has 0 saturated carbocycles. The van der Waals surface area contributed by atoms with E-state index in [1.807, 2.05) is 0 Å². The lowest BCUT2D eigenvalue weighted by Gasteiger charge is -2.14. The molecule has 100 valence electrons. The molecule has 1 heterocycles. The van der Waals surface area contributed by atoms with Gasteiger partial charge in [-0.15, -0.1) is 0 Å². The molecule has 1 unspecified atom stereocenters. The minimum atomic E-state index is -0.796. The fourth-order valence-corrected chi connectivity index (χ4v) is 2.22. The summed E-state index contributed by atoms with van der Waals surface area (Å²) >= 11 is 17.7. The number of benzene rings is 1. The smallest absolute Gasteiger partial charge is 0.148 e. The zero-order valence-electron chi connectivity index (χ0n) is 9.65. The van der Waals surface area contributed by atoms with E-state index in [0.29, 0.717) is 26.4 Å². The van der Waals surface area contributed by atoms with Crippen molar-refractivity contribution < 1.29 is 5.11 Å². The topological polar surface area (TPSA) is 58.0 Å². The average Bonchev–Trinajstić information content (AvgIpc) is 2.37. The molecule has 2 rings (SSSR count). The lowest BCUT2D eigenvalue weighted by atomic mass is 10.1. The third-order valence-electron chi connectivity index (χ3n) is 2.45. The molecule has 0 amide bonds. The van der Waals surface area contributed by atoms with E-state index in [1.54, 1.807) is 18.2 Å². The van der Waals surface area contributed by atoms with E-state index in [1.165, 1.54) is 12.5 Å². The Bertz CT molecular complexity index is 580. The van der Waals surface area contributed by atoms with Crippen LogP contribution in [0.15, 0.2) is 30.7 Å². The molecular formula is C12H10Cl3N3O. The molecule has 4 nitrogen and oxygen atoms in total. The highest BCUT2D eigenvalue weighted by atomic mass is 35.5. The Balaban J connectivity index is 2.05. The molecule has 1 aromatic carbocycles. The summed E-state index contributed by atoms with van der Waals surface area (Å²) in [5.41, 5.74) is 0.587. The third-order valence-corrected chi connectivity index (χ3v) is 3.29. The summed E-state index contributed by atoms with van der Waals surface area (Å²) in [6.45, 7) is 0.220. The molecule has 0 aliphatic rings. The number of anilines is 1. The van der Waals surface area contributed by atoms with Crippen LogP contribution in [0.25, 0.3) is 0 Å². The molecule has 0 aliphatic carbocycles. The van der Waals surface area contributed by atoms with Gasteiger partial charge in [-0.1, -0.05) is 40.9 Å². The summed E-state index contributed by atoms with van der Waals surface area (Å²) < 4.78 is 0. The van der Waals surface area contributed by atoms with Crippen LogP contribution in [0.2, 0.25) is 15.1 Å². The van der Waals surface area contributed by atoms with Crippen molar-refractivity contribution in [2.75, 3.05) is 11.9 Å². The molecule has 1 aromatic heterocycles. The minimum absolute atomic E-state index is 0.220. The number of nitrogens with zero attached hydrogens (tertiary/aromatic N) is 2. The fraction of sp³-hybridized carbons (Fsp3) is 0.167. The number of aliphatic hydroxyl groups is 1. The standard InChI is InChI=1S/C12H10Cl3N3O/c13-7-1-2-8(9(14)3-7)11(19)5-17-12-10(15)4-16-6-18-12/h1-4,6,11,19H,5H2,(H,16,17,18). The van der Waals surface area contributed by atoms with Gasteiger partial charge in [0.1, 0.15) is 17.2 Å². The van der Waals surface area contributed by atoms with Gasteiger partial charge in [0.2, 0.25) is 0 Å². The highest BCUT2D eigenvalue weighted by molar-refractivity contribution is 6.35. The summed E-state index contributed by atoms with van der Waals surface area (Å²) in [5, 5.41) is 14.3. The maximum absolute atomic E-state index is 10.1. The van der Waals surface area contributed by atoms with Crippen molar-refractivity contribution in [3.63, 3.8) is 0 Å². The van der Waals surface area contributed by atoms with Crippen molar-refractivity contribution in [2.24, 2.45) is 0 Å². The van der Waals surface area contributed by atoms with E-state index in [2.05, 4.69) is 15.3 Å². The van der Waals surface area contributed by atoms with Crippen LogP contribution in [0.1, 0.15) is 11.7 Å². The van der Waals surface area contributed by atoms with Crippen LogP contribution in [0.4, 0.5) is 5.82 Å². The van der Waals surface area contributed by atoms with Gasteiger partial charge in [0, 0.05) is 22.2 Å². The maximum atomic E-state index is 10.1. The number of aliphatic hydroxyl groups excluding tert-OH is 1. The second-order valence-electron chi connectivity index (χ2n) is 3.78. The summed E-state index contributed by atoms with van der Waals surface area (Å²) in [4.78, 5) is 7.73. The van der Waals surface area contributed by atoms with Crippen molar-refractivity contribution >= 4 is 40.6 Å². The molecule has 0 saturated heterocycles. The van der Waals surface area contributed by atoms with Gasteiger partial charge in [0.25, 0.3) is 0 Å². The minimum Gasteiger partial charge on any atom is -0.387 e. The van der Waals surface area contributed by atoms with E-state index in [4.69, 9.17) is 34.8 Å². The zero-order valence-corrected chi connectivity index (χ0v) is 11.9. The second kappa shape index (κ2) is 6.39. The zero-order chi connectivity index (χ0) is 13.8. The number of aromatic nitrogens is 2. The van der Waals surface area contributed by atoms with Crippen molar-refractivity contribution in [3.8, 4) is 0 Å². The van der Waals surface area contributed by atoms with Gasteiger partial charge in [-0.25, -0.2) is 9.97 Å². The Morgan fingerprint density at radius 3 is 2.68 bits per heavy atom. The van der Waals surface area contributed by atoms with Gasteiger partial charge >= 0.3 is 0 Å². The van der Waals surface area contributed by atoms with Gasteiger partial charge < -0.3 is 10.4 Å². The van der Waals surface area contributed by atoms with Crippen molar-refractivity contribution in [1.29, 1.82) is 0 Å². The Hall–Kier alpha value is -1.07. The van der Waals surface area contributed by atoms with E-state index in [0.717, 1.165) is 0 Å². The van der Waals surface area contributed by atoms with E-state index >= 15 is 0 Å². The molecule has 0 bridgehead atoms. The van der Waals surface area contributed by atoms with Crippen molar-refractivity contribution in [2.45, 2.75) is 6.10 Å². The van der Waals surface area contributed by atoms with Crippen LogP contribution < -0.4 is 5.32 Å². The highest BCUT2D eigenvalue weighted by Gasteiger charge is 2.12. The summed E-state index contributed by atoms with van der Waals surface area (Å²) in [7, 11) is 0. The Morgan fingerprint density at radius 1 is 1.21 bits per heavy atom. The molecule has 0 aliphatic heterocycles. The summed E-state index contributed by atoms with van der Waals surface area (Å²) in [6, 6.07) is 4.93. The van der Waals surface area contributed by atoms with Gasteiger partial charge in [-0.2, -0.15) is 0 Å². The molecule has 2 N–H and O–H groups in total. The molecule has 1 atom stereocenters. The van der Waals surface area contributed by atoms with Crippen LogP contribution in [0.3, 0.4) is 0 Å². The normalized spacial score (nSPS) is 12.2. The first-order chi connectivity index (χ1) is 9.08. The summed E-state index contributed by atoms with van der Waals surface area (Å²) in [5.74, 6) is 0.459. The van der Waals surface area contributed by atoms with E-state index in [-0.39, 0.29) is 6.54 Å². The van der Waals surface area contributed by atoms with Crippen molar-refractivity contribution in [1.82, 2.24) is 9.97 Å². The predicted molar refractivity (Wildman–Crippen MR) is 77.0 cm³/mol. The van der Waals surface area contributed by atoms with Crippen LogP contribution in [-0.4, -0.2) is 21.6 Å². The first kappa shape index (κ1) is 14.3. The monoisotopic (exact) mass is 317 g/mol. The van der Waals surface area contributed by atoms with Crippen molar-refractivity contribution in [3.05, 3.63) is 51.4 Å². The third kappa shape index (κ3) is 3.70. The maximum Gasteiger partial charge on any atom is 0.148 e. The fourth-order valence-electron chi connectivity index (χ4n) is 1.52. The van der Waals surface area contributed by atoms with Crippen LogP contribution in [0, 0.1) is 0 Å². The average molecular weight is 319 g/mol. The number of halogens is 3. The van der Waals surface area contributed by atoms with Gasteiger partial charge in [-0.05, 0) is 12.1 Å². The predicted octanol–water partition coefficient (Wildman–Crippen LogP) is 3.58. The first-order valence-corrected chi connectivity index (χ1v) is 6.53. The summed E-state index contributed by atoms with van der Waals surface area (Å²) in [6.07, 6.45) is 2.05. The first-order valence-electron chi connectivity index (χ1n) is 5.40. The molecule has 0 spiro atoms. The molecule has 0 radical (unpaired) electrons. The molecule has 7 heteroatoms.